The summed E-state index contributed by atoms with van der Waals surface area (Å²) in [7, 11) is 0. The third kappa shape index (κ3) is 4.76. The number of carboxylic acid groups (broad SMARTS) is 1. The van der Waals surface area contributed by atoms with Crippen molar-refractivity contribution in [3.8, 4) is 0 Å². The number of aliphatic imine (C=N–C) groups is 1. The number of hydrogen-bond acceptors (Lipinski definition) is 6. The molecule has 148 valence electrons. The second kappa shape index (κ2) is 8.69. The Balaban J connectivity index is 1.49. The first kappa shape index (κ1) is 19.6. The largest absolute Gasteiger partial charge is 0.481 e. The van der Waals surface area contributed by atoms with Gasteiger partial charge in [-0.25, -0.2) is 4.99 Å². The molecule has 0 aromatic heterocycles. The number of amides is 1. The second-order valence-electron chi connectivity index (χ2n) is 7.03. The van der Waals surface area contributed by atoms with Gasteiger partial charge in [-0.05, 0) is 43.0 Å². The van der Waals surface area contributed by atoms with E-state index in [-0.39, 0.29) is 36.2 Å². The number of ketones is 1. The molecule has 0 saturated carbocycles. The number of rotatable bonds is 9. The molecular weight excluding hydrogens is 360 g/mol. The first-order chi connectivity index (χ1) is 13.4. The molecule has 8 heteroatoms. The minimum absolute atomic E-state index is 0.0248. The summed E-state index contributed by atoms with van der Waals surface area (Å²) < 4.78 is 0. The van der Waals surface area contributed by atoms with Gasteiger partial charge in [-0.2, -0.15) is 0 Å². The van der Waals surface area contributed by atoms with Crippen molar-refractivity contribution in [3.05, 3.63) is 47.2 Å². The van der Waals surface area contributed by atoms with E-state index in [1.807, 2.05) is 18.3 Å². The fraction of sp³-hybridized carbons (Fsp3) is 0.400. The molecule has 8 nitrogen and oxygen atoms in total. The van der Waals surface area contributed by atoms with Crippen LogP contribution < -0.4 is 16.4 Å². The maximum absolute atomic E-state index is 12.2. The van der Waals surface area contributed by atoms with Gasteiger partial charge in [0.25, 0.3) is 0 Å². The molecule has 2 aliphatic heterocycles. The van der Waals surface area contributed by atoms with Crippen LogP contribution >= 0.6 is 0 Å². The first-order valence-corrected chi connectivity index (χ1v) is 9.37. The summed E-state index contributed by atoms with van der Waals surface area (Å²) in [6.45, 7) is 0. The number of nitrogens with zero attached hydrogens (tertiary/aromatic N) is 1. The summed E-state index contributed by atoms with van der Waals surface area (Å²) in [5, 5.41) is 14.3. The summed E-state index contributed by atoms with van der Waals surface area (Å²) in [5.74, 6) is -1.15. The highest BCUT2D eigenvalue weighted by Crippen LogP contribution is 2.28. The molecule has 0 fully saturated rings. The molecule has 0 radical (unpaired) electrons. The SMILES string of the molecule is NC1=NC2NC=C(CCc3ccc(C(=O)CCCCC(=O)O)cc3)C2C(=O)N1. The average molecular weight is 384 g/mol. The van der Waals surface area contributed by atoms with Crippen molar-refractivity contribution in [2.24, 2.45) is 16.6 Å². The van der Waals surface area contributed by atoms with Crippen LogP contribution in [0.3, 0.4) is 0 Å². The van der Waals surface area contributed by atoms with Crippen LogP contribution in [0.2, 0.25) is 0 Å². The monoisotopic (exact) mass is 384 g/mol. The number of fused-ring (bicyclic) bond motifs is 1. The molecule has 0 aliphatic carbocycles. The number of unbranched alkanes of at least 4 members (excludes halogenated alkanes) is 1. The first-order valence-electron chi connectivity index (χ1n) is 9.37. The van der Waals surface area contributed by atoms with Crippen LogP contribution in [0, 0.1) is 5.92 Å². The molecule has 28 heavy (non-hydrogen) atoms. The van der Waals surface area contributed by atoms with Gasteiger partial charge in [-0.1, -0.05) is 24.3 Å². The third-order valence-corrected chi connectivity index (χ3v) is 4.99. The number of hydrogen-bond donors (Lipinski definition) is 4. The highest BCUT2D eigenvalue weighted by Gasteiger charge is 2.38. The molecule has 1 aromatic rings. The van der Waals surface area contributed by atoms with Crippen molar-refractivity contribution in [1.29, 1.82) is 0 Å². The van der Waals surface area contributed by atoms with Gasteiger partial charge < -0.3 is 16.2 Å². The number of benzene rings is 1. The Kier molecular flexibility index (Phi) is 6.08. The van der Waals surface area contributed by atoms with Crippen LogP contribution in [-0.4, -0.2) is 34.9 Å². The van der Waals surface area contributed by atoms with Crippen LogP contribution in [-0.2, 0) is 16.0 Å². The van der Waals surface area contributed by atoms with E-state index in [2.05, 4.69) is 15.6 Å². The lowest BCUT2D eigenvalue weighted by atomic mass is 9.92. The minimum atomic E-state index is -0.836. The zero-order valence-electron chi connectivity index (χ0n) is 15.5. The summed E-state index contributed by atoms with van der Waals surface area (Å²) in [6.07, 6.45) is 4.49. The Labute approximate surface area is 162 Å². The van der Waals surface area contributed by atoms with Crippen LogP contribution in [0.15, 0.2) is 41.0 Å². The van der Waals surface area contributed by atoms with Gasteiger partial charge in [0.05, 0.1) is 0 Å². The molecule has 3 rings (SSSR count). The molecule has 0 saturated heterocycles. The normalized spacial score (nSPS) is 20.5. The Morgan fingerprint density at radius 1 is 1.11 bits per heavy atom. The maximum atomic E-state index is 12.2. The van der Waals surface area contributed by atoms with E-state index in [0.29, 0.717) is 31.2 Å². The zero-order valence-corrected chi connectivity index (χ0v) is 15.5. The van der Waals surface area contributed by atoms with Gasteiger partial charge in [0.15, 0.2) is 11.7 Å². The van der Waals surface area contributed by atoms with E-state index in [4.69, 9.17) is 10.8 Å². The Morgan fingerprint density at radius 2 is 1.82 bits per heavy atom. The van der Waals surface area contributed by atoms with Crippen molar-refractivity contribution in [2.75, 3.05) is 0 Å². The van der Waals surface area contributed by atoms with E-state index in [1.165, 1.54) is 0 Å². The Hall–Kier alpha value is -3.16. The topological polar surface area (TPSA) is 134 Å². The lowest BCUT2D eigenvalue weighted by molar-refractivity contribution is -0.137. The predicted octanol–water partition coefficient (Wildman–Crippen LogP) is 1.32. The van der Waals surface area contributed by atoms with Crippen molar-refractivity contribution < 1.29 is 19.5 Å². The van der Waals surface area contributed by atoms with Gasteiger partial charge in [0.1, 0.15) is 12.1 Å². The van der Waals surface area contributed by atoms with Gasteiger partial charge in [0, 0.05) is 18.4 Å². The quantitative estimate of drug-likeness (QED) is 0.375. The molecule has 2 heterocycles. The standard InChI is InChI=1S/C20H24N4O4/c21-20-23-18-17(19(28)24-20)14(11-22-18)10-7-12-5-8-13(9-6-12)15(25)3-1-2-4-16(26)27/h5-6,8-9,11,17-18,22H,1-4,7,10H2,(H,26,27)(H3,21,23,24,28). The molecule has 2 atom stereocenters. The molecule has 0 spiro atoms. The fourth-order valence-electron chi connectivity index (χ4n) is 3.47. The number of aliphatic carboxylic acids is 1. The summed E-state index contributed by atoms with van der Waals surface area (Å²) in [6, 6.07) is 7.44. The molecule has 1 aromatic carbocycles. The van der Waals surface area contributed by atoms with Gasteiger partial charge in [0.2, 0.25) is 5.91 Å². The van der Waals surface area contributed by atoms with Crippen molar-refractivity contribution in [1.82, 2.24) is 10.6 Å². The highest BCUT2D eigenvalue weighted by molar-refractivity contribution is 6.01. The van der Waals surface area contributed by atoms with Gasteiger partial charge in [-0.15, -0.1) is 0 Å². The summed E-state index contributed by atoms with van der Waals surface area (Å²) >= 11 is 0. The fourth-order valence-corrected chi connectivity index (χ4v) is 3.47. The van der Waals surface area contributed by atoms with Gasteiger partial charge >= 0.3 is 5.97 Å². The van der Waals surface area contributed by atoms with Crippen molar-refractivity contribution in [3.63, 3.8) is 0 Å². The summed E-state index contributed by atoms with van der Waals surface area (Å²) in [4.78, 5) is 39.0. The van der Waals surface area contributed by atoms with E-state index in [0.717, 1.165) is 17.6 Å². The van der Waals surface area contributed by atoms with E-state index >= 15 is 0 Å². The molecule has 2 unspecified atom stereocenters. The lowest BCUT2D eigenvalue weighted by Gasteiger charge is -2.24. The Bertz CT molecular complexity index is 829. The number of carbonyl (C=O) groups excluding carboxylic acids is 2. The smallest absolute Gasteiger partial charge is 0.303 e. The Morgan fingerprint density at radius 3 is 2.54 bits per heavy atom. The van der Waals surface area contributed by atoms with Crippen LogP contribution in [0.1, 0.15) is 48.0 Å². The summed E-state index contributed by atoms with van der Waals surface area (Å²) in [5.41, 5.74) is 8.28. The second-order valence-corrected chi connectivity index (χ2v) is 7.03. The van der Waals surface area contributed by atoms with Crippen molar-refractivity contribution in [2.45, 2.75) is 44.7 Å². The van der Waals surface area contributed by atoms with Crippen LogP contribution in [0.25, 0.3) is 0 Å². The number of carboxylic acids is 1. The van der Waals surface area contributed by atoms with E-state index < -0.39 is 5.97 Å². The predicted molar refractivity (Wildman–Crippen MR) is 103 cm³/mol. The molecule has 2 aliphatic rings. The minimum Gasteiger partial charge on any atom is -0.481 e. The number of guanidine groups is 1. The third-order valence-electron chi connectivity index (χ3n) is 4.99. The van der Waals surface area contributed by atoms with Crippen LogP contribution in [0.4, 0.5) is 0 Å². The zero-order chi connectivity index (χ0) is 20.1. The lowest BCUT2D eigenvalue weighted by Crippen LogP contribution is -2.50. The highest BCUT2D eigenvalue weighted by atomic mass is 16.4. The number of nitrogens with two attached hydrogens (primary N) is 1. The van der Waals surface area contributed by atoms with E-state index in [1.54, 1.807) is 12.1 Å². The number of nitrogens with one attached hydrogen (secondary N) is 2. The maximum Gasteiger partial charge on any atom is 0.303 e. The molecule has 1 amide bonds. The van der Waals surface area contributed by atoms with Crippen LogP contribution in [0.5, 0.6) is 0 Å². The molecule has 5 N–H and O–H groups in total. The molecule has 0 bridgehead atoms. The number of aryl methyl sites for hydroxylation is 1. The molecular formula is C20H24N4O4. The van der Waals surface area contributed by atoms with E-state index in [9.17, 15) is 14.4 Å². The average Bonchev–Trinajstić information content (AvgIpc) is 3.06. The van der Waals surface area contributed by atoms with Crippen molar-refractivity contribution >= 4 is 23.6 Å². The number of carbonyl (C=O) groups is 3. The van der Waals surface area contributed by atoms with Gasteiger partial charge in [-0.3, -0.25) is 19.7 Å². The number of Topliss-reactive ketones (excluding diaryl/α,β-unsaturated/α-hetero) is 1.